The molecule has 160 valence electrons. The van der Waals surface area contributed by atoms with Crippen molar-refractivity contribution in [3.63, 3.8) is 0 Å². The van der Waals surface area contributed by atoms with Gasteiger partial charge in [0.15, 0.2) is 5.82 Å². The first-order chi connectivity index (χ1) is 14.6. The van der Waals surface area contributed by atoms with Crippen LogP contribution in [-0.4, -0.2) is 22.2 Å². The third kappa shape index (κ3) is 4.28. The molecule has 0 amide bonds. The van der Waals surface area contributed by atoms with Crippen LogP contribution in [0.25, 0.3) is 11.4 Å². The molecule has 30 heavy (non-hydrogen) atoms. The van der Waals surface area contributed by atoms with E-state index in [1.165, 1.54) is 42.0 Å². The fourth-order valence-corrected chi connectivity index (χ4v) is 5.38. The Balaban J connectivity index is 1.56. The van der Waals surface area contributed by atoms with Crippen LogP contribution in [0.2, 0.25) is 0 Å². The molecule has 1 saturated carbocycles. The number of rotatable bonds is 7. The molecule has 0 aliphatic heterocycles. The lowest BCUT2D eigenvalue weighted by Gasteiger charge is -2.19. The van der Waals surface area contributed by atoms with Crippen LogP contribution >= 0.6 is 11.3 Å². The second kappa shape index (κ2) is 9.04. The third-order valence-corrected chi connectivity index (χ3v) is 7.03. The van der Waals surface area contributed by atoms with Crippen LogP contribution in [-0.2, 0) is 0 Å². The number of benzene rings is 1. The lowest BCUT2D eigenvalue weighted by atomic mass is 9.90. The summed E-state index contributed by atoms with van der Waals surface area (Å²) in [6, 6.07) is 5.47. The molecular formula is C22H27N3O4S. The SMILES string of the molecule is CCC(Oc1ccc(-c2noc(=O)[nH]2)c(OC)c1)c1sc(C2CCCCC2)nc1C. The number of aromatic amines is 1. The quantitative estimate of drug-likeness (QED) is 0.542. The van der Waals surface area contributed by atoms with Crippen LogP contribution in [0.3, 0.4) is 0 Å². The van der Waals surface area contributed by atoms with Gasteiger partial charge in [0.2, 0.25) is 0 Å². The van der Waals surface area contributed by atoms with Gasteiger partial charge in [0.25, 0.3) is 0 Å². The highest BCUT2D eigenvalue weighted by molar-refractivity contribution is 7.11. The molecule has 1 unspecified atom stereocenters. The number of H-pyrrole nitrogens is 1. The lowest BCUT2D eigenvalue weighted by Crippen LogP contribution is -2.06. The first-order valence-electron chi connectivity index (χ1n) is 10.5. The Bertz CT molecular complexity index is 1050. The molecule has 1 aliphatic carbocycles. The van der Waals surface area contributed by atoms with Crippen LogP contribution in [0.5, 0.6) is 11.5 Å². The lowest BCUT2D eigenvalue weighted by molar-refractivity contribution is 0.203. The van der Waals surface area contributed by atoms with Crippen LogP contribution < -0.4 is 15.2 Å². The summed E-state index contributed by atoms with van der Waals surface area (Å²) < 4.78 is 16.4. The van der Waals surface area contributed by atoms with Crippen molar-refractivity contribution in [3.8, 4) is 22.9 Å². The smallest absolute Gasteiger partial charge is 0.439 e. The fraction of sp³-hybridized carbons (Fsp3) is 0.500. The van der Waals surface area contributed by atoms with E-state index in [0.717, 1.165) is 12.1 Å². The molecule has 2 aromatic heterocycles. The van der Waals surface area contributed by atoms with Crippen molar-refractivity contribution in [2.75, 3.05) is 7.11 Å². The van der Waals surface area contributed by atoms with Crippen LogP contribution in [0, 0.1) is 6.92 Å². The monoisotopic (exact) mass is 429 g/mol. The van der Waals surface area contributed by atoms with E-state index in [2.05, 4.69) is 28.5 Å². The largest absolute Gasteiger partial charge is 0.496 e. The van der Waals surface area contributed by atoms with Crippen molar-refractivity contribution in [2.24, 2.45) is 0 Å². The van der Waals surface area contributed by atoms with Crippen molar-refractivity contribution in [1.82, 2.24) is 15.1 Å². The van der Waals surface area contributed by atoms with E-state index < -0.39 is 5.76 Å². The van der Waals surface area contributed by atoms with Crippen LogP contribution in [0.1, 0.15) is 73.0 Å². The molecular weight excluding hydrogens is 402 g/mol. The standard InChI is InChI=1S/C22H27N3O4S/c1-4-17(19-13(2)23-21(30-19)14-8-6-5-7-9-14)28-15-10-11-16(18(12-15)27-3)20-24-22(26)29-25-20/h10-12,14,17H,4-9H2,1-3H3,(H,24,25,26). The van der Waals surface area contributed by atoms with Gasteiger partial charge < -0.3 is 9.47 Å². The summed E-state index contributed by atoms with van der Waals surface area (Å²) >= 11 is 1.80. The predicted molar refractivity (Wildman–Crippen MR) is 115 cm³/mol. The molecule has 1 aromatic carbocycles. The molecule has 1 fully saturated rings. The maximum absolute atomic E-state index is 11.3. The molecule has 1 N–H and O–H groups in total. The van der Waals surface area contributed by atoms with Gasteiger partial charge in [0.05, 0.1) is 28.3 Å². The Morgan fingerprint density at radius 1 is 1.30 bits per heavy atom. The Morgan fingerprint density at radius 2 is 2.10 bits per heavy atom. The minimum absolute atomic E-state index is 0.0674. The Labute approximate surface area is 179 Å². The second-order valence-corrected chi connectivity index (χ2v) is 8.72. The number of hydrogen-bond acceptors (Lipinski definition) is 7. The molecule has 0 bridgehead atoms. The zero-order valence-electron chi connectivity index (χ0n) is 17.6. The average Bonchev–Trinajstić information content (AvgIpc) is 3.38. The molecule has 0 radical (unpaired) electrons. The topological polar surface area (TPSA) is 90.2 Å². The number of thiazole rings is 1. The minimum atomic E-state index is -0.604. The van der Waals surface area contributed by atoms with E-state index in [-0.39, 0.29) is 6.10 Å². The van der Waals surface area contributed by atoms with E-state index in [0.29, 0.717) is 28.8 Å². The van der Waals surface area contributed by atoms with Crippen molar-refractivity contribution >= 4 is 11.3 Å². The summed E-state index contributed by atoms with van der Waals surface area (Å²) in [6.07, 6.45) is 7.20. The summed E-state index contributed by atoms with van der Waals surface area (Å²) in [5, 5.41) is 4.99. The van der Waals surface area contributed by atoms with Gasteiger partial charge in [-0.1, -0.05) is 31.3 Å². The van der Waals surface area contributed by atoms with Gasteiger partial charge in [0, 0.05) is 12.0 Å². The number of aryl methyl sites for hydroxylation is 1. The number of methoxy groups -OCH3 is 1. The fourth-order valence-electron chi connectivity index (χ4n) is 4.03. The molecule has 8 heteroatoms. The van der Waals surface area contributed by atoms with Gasteiger partial charge in [-0.2, -0.15) is 0 Å². The van der Waals surface area contributed by atoms with Crippen molar-refractivity contribution in [3.05, 3.63) is 44.3 Å². The van der Waals surface area contributed by atoms with Crippen molar-refractivity contribution in [1.29, 1.82) is 0 Å². The summed E-state index contributed by atoms with van der Waals surface area (Å²) in [7, 11) is 1.57. The normalized spacial score (nSPS) is 15.8. The van der Waals surface area contributed by atoms with Gasteiger partial charge >= 0.3 is 5.76 Å². The van der Waals surface area contributed by atoms with E-state index >= 15 is 0 Å². The highest BCUT2D eigenvalue weighted by Crippen LogP contribution is 2.40. The van der Waals surface area contributed by atoms with E-state index in [9.17, 15) is 4.79 Å². The number of nitrogens with one attached hydrogen (secondary N) is 1. The summed E-state index contributed by atoms with van der Waals surface area (Å²) in [5.41, 5.74) is 1.70. The van der Waals surface area contributed by atoms with Gasteiger partial charge in [-0.05, 0) is 38.3 Å². The van der Waals surface area contributed by atoms with E-state index in [1.807, 2.05) is 18.2 Å². The molecule has 0 saturated heterocycles. The molecule has 7 nitrogen and oxygen atoms in total. The minimum Gasteiger partial charge on any atom is -0.496 e. The van der Waals surface area contributed by atoms with E-state index in [4.69, 9.17) is 14.5 Å². The highest BCUT2D eigenvalue weighted by atomic mass is 32.1. The van der Waals surface area contributed by atoms with Gasteiger partial charge in [-0.3, -0.25) is 9.51 Å². The Morgan fingerprint density at radius 3 is 2.77 bits per heavy atom. The maximum Gasteiger partial charge on any atom is 0.439 e. The Kier molecular flexibility index (Phi) is 6.22. The van der Waals surface area contributed by atoms with Gasteiger partial charge in [-0.15, -0.1) is 11.3 Å². The number of aromatic nitrogens is 3. The molecule has 1 aliphatic rings. The first kappa shape index (κ1) is 20.7. The van der Waals surface area contributed by atoms with Crippen LogP contribution in [0.15, 0.2) is 27.5 Å². The molecule has 1 atom stereocenters. The van der Waals surface area contributed by atoms with E-state index in [1.54, 1.807) is 18.4 Å². The van der Waals surface area contributed by atoms with Crippen LogP contribution in [0.4, 0.5) is 0 Å². The molecule has 2 heterocycles. The Hall–Kier alpha value is -2.61. The number of hydrogen-bond donors (Lipinski definition) is 1. The van der Waals surface area contributed by atoms with Crippen molar-refractivity contribution in [2.45, 2.75) is 64.4 Å². The van der Waals surface area contributed by atoms with Gasteiger partial charge in [0.1, 0.15) is 17.6 Å². The number of nitrogens with zero attached hydrogens (tertiary/aromatic N) is 2. The third-order valence-electron chi connectivity index (χ3n) is 5.61. The highest BCUT2D eigenvalue weighted by Gasteiger charge is 2.24. The maximum atomic E-state index is 11.3. The number of ether oxygens (including phenoxy) is 2. The van der Waals surface area contributed by atoms with Gasteiger partial charge in [-0.25, -0.2) is 9.78 Å². The predicted octanol–water partition coefficient (Wildman–Crippen LogP) is 5.38. The first-order valence-corrected chi connectivity index (χ1v) is 11.3. The molecule has 0 spiro atoms. The van der Waals surface area contributed by atoms with Crippen molar-refractivity contribution < 1.29 is 14.0 Å². The molecule has 3 aromatic rings. The summed E-state index contributed by atoms with van der Waals surface area (Å²) in [6.45, 7) is 4.20. The zero-order chi connectivity index (χ0) is 21.1. The second-order valence-electron chi connectivity index (χ2n) is 7.66. The summed E-state index contributed by atoms with van der Waals surface area (Å²) in [5.74, 6) is 1.56. The summed E-state index contributed by atoms with van der Waals surface area (Å²) in [4.78, 5) is 19.9. The molecule has 4 rings (SSSR count). The average molecular weight is 430 g/mol. The zero-order valence-corrected chi connectivity index (χ0v) is 18.4.